The van der Waals surface area contributed by atoms with E-state index in [-0.39, 0.29) is 5.71 Å². The molecule has 0 amide bonds. The first-order chi connectivity index (χ1) is 5.17. The van der Waals surface area contributed by atoms with Crippen LogP contribution in [-0.4, -0.2) is 34.8 Å². The Kier molecular flexibility index (Phi) is 4.10. The van der Waals surface area contributed by atoms with Gasteiger partial charge >= 0.3 is 11.7 Å². The highest BCUT2D eigenvalue weighted by Gasteiger charge is 2.28. The molecule has 0 spiro atoms. The third-order valence-corrected chi connectivity index (χ3v) is 1.20. The van der Waals surface area contributed by atoms with Gasteiger partial charge in [0.15, 0.2) is 6.10 Å². The van der Waals surface area contributed by atoms with Gasteiger partial charge in [-0.25, -0.2) is 4.79 Å². The fraction of sp³-hybridized carbons (Fsp3) is 0.667. The van der Waals surface area contributed by atoms with E-state index < -0.39 is 12.1 Å². The van der Waals surface area contributed by atoms with Crippen molar-refractivity contribution in [2.24, 2.45) is 0 Å². The van der Waals surface area contributed by atoms with Crippen molar-refractivity contribution < 1.29 is 19.4 Å². The first-order valence-corrected chi connectivity index (χ1v) is 3.15. The number of carbonyl (C=O) groups is 1. The molecule has 1 atom stereocenters. The highest BCUT2D eigenvalue weighted by Crippen LogP contribution is 1.93. The summed E-state index contributed by atoms with van der Waals surface area (Å²) in [6.07, 6.45) is -0.762. The number of aliphatic hydroxyl groups is 1. The second kappa shape index (κ2) is 4.60. The molecule has 5 nitrogen and oxygen atoms in total. The first kappa shape index (κ1) is 9.81. The number of ether oxygens (including phenoxy) is 1. The summed E-state index contributed by atoms with van der Waals surface area (Å²) in [5.41, 5.74) is 7.89. The van der Waals surface area contributed by atoms with Crippen LogP contribution in [0.5, 0.6) is 0 Å². The second-order valence-electron chi connectivity index (χ2n) is 1.90. The minimum Gasteiger partial charge on any atom is -0.460 e. The number of nitrogens with zero attached hydrogens (tertiary/aromatic N) is 2. The summed E-state index contributed by atoms with van der Waals surface area (Å²) in [6.45, 7) is 1.65. The molecular formula is C6H10N2O3. The third-order valence-electron chi connectivity index (χ3n) is 1.20. The molecule has 0 bridgehead atoms. The van der Waals surface area contributed by atoms with Crippen molar-refractivity contribution in [1.29, 1.82) is 0 Å². The lowest BCUT2D eigenvalue weighted by atomic mass is 10.2. The maximum absolute atomic E-state index is 10.7. The summed E-state index contributed by atoms with van der Waals surface area (Å²) in [5.74, 6) is -0.818. The van der Waals surface area contributed by atoms with Gasteiger partial charge < -0.3 is 15.4 Å². The highest BCUT2D eigenvalue weighted by molar-refractivity contribution is 6.35. The molecule has 5 heteroatoms. The van der Waals surface area contributed by atoms with Crippen molar-refractivity contribution in [1.82, 2.24) is 0 Å². The molecule has 0 heterocycles. The van der Waals surface area contributed by atoms with Gasteiger partial charge in [-0.1, -0.05) is 6.92 Å². The molecule has 0 rings (SSSR count). The Morgan fingerprint density at radius 1 is 1.82 bits per heavy atom. The van der Waals surface area contributed by atoms with Gasteiger partial charge in [-0.3, -0.25) is 0 Å². The van der Waals surface area contributed by atoms with Gasteiger partial charge in [0.25, 0.3) is 0 Å². The number of aliphatic hydroxyl groups excluding tert-OH is 1. The molecule has 1 unspecified atom stereocenters. The monoisotopic (exact) mass is 158 g/mol. The zero-order valence-electron chi connectivity index (χ0n) is 6.44. The summed E-state index contributed by atoms with van der Waals surface area (Å²) < 4.78 is 4.24. The number of rotatable bonds is 3. The van der Waals surface area contributed by atoms with Crippen LogP contribution in [0.3, 0.4) is 0 Å². The second-order valence-corrected chi connectivity index (χ2v) is 1.90. The van der Waals surface area contributed by atoms with E-state index in [0.29, 0.717) is 6.42 Å². The molecule has 11 heavy (non-hydrogen) atoms. The number of hydrogen-bond acceptors (Lipinski definition) is 3. The van der Waals surface area contributed by atoms with Gasteiger partial charge in [-0.05, 0) is 6.42 Å². The Morgan fingerprint density at radius 2 is 2.36 bits per heavy atom. The summed E-state index contributed by atoms with van der Waals surface area (Å²) in [4.78, 5) is 13.3. The predicted octanol–water partition coefficient (Wildman–Crippen LogP) is -0.399. The molecule has 0 aromatic heterocycles. The zero-order chi connectivity index (χ0) is 8.85. The van der Waals surface area contributed by atoms with E-state index in [0.717, 1.165) is 7.11 Å². The number of hydrogen-bond donors (Lipinski definition) is 1. The predicted molar refractivity (Wildman–Crippen MR) is 36.9 cm³/mol. The molecule has 0 saturated heterocycles. The Morgan fingerprint density at radius 3 is 2.64 bits per heavy atom. The van der Waals surface area contributed by atoms with Gasteiger partial charge in [0.1, 0.15) is 0 Å². The van der Waals surface area contributed by atoms with Crippen LogP contribution in [-0.2, 0) is 9.53 Å². The minimum atomic E-state index is -1.06. The number of carbonyl (C=O) groups excluding carboxylic acids is 1. The summed E-state index contributed by atoms with van der Waals surface area (Å²) in [5, 5.41) is 9.03. The normalized spacial score (nSPS) is 11.5. The summed E-state index contributed by atoms with van der Waals surface area (Å²) >= 11 is 0. The van der Waals surface area contributed by atoms with E-state index in [4.69, 9.17) is 10.6 Å². The van der Waals surface area contributed by atoms with Crippen molar-refractivity contribution >= 4 is 11.7 Å². The number of methoxy groups -OCH3 is 1. The molecular weight excluding hydrogens is 148 g/mol. The van der Waals surface area contributed by atoms with E-state index in [9.17, 15) is 4.79 Å². The summed E-state index contributed by atoms with van der Waals surface area (Å²) in [6, 6.07) is 0. The SMILES string of the molecule is CCC(O)C(=[N+]=[N-])C(=O)OC. The van der Waals surface area contributed by atoms with Gasteiger partial charge in [-0.2, -0.15) is 4.79 Å². The van der Waals surface area contributed by atoms with Crippen molar-refractivity contribution in [2.75, 3.05) is 7.11 Å². The van der Waals surface area contributed by atoms with Gasteiger partial charge in [0.2, 0.25) is 0 Å². The smallest absolute Gasteiger partial charge is 0.419 e. The Balaban J connectivity index is 4.43. The Labute approximate surface area is 64.2 Å². The largest absolute Gasteiger partial charge is 0.460 e. The topological polar surface area (TPSA) is 82.9 Å². The Hall–Kier alpha value is -1.19. The van der Waals surface area contributed by atoms with Crippen LogP contribution in [0.15, 0.2) is 0 Å². The van der Waals surface area contributed by atoms with Crippen LogP contribution in [0.2, 0.25) is 0 Å². The molecule has 0 aliphatic heterocycles. The highest BCUT2D eigenvalue weighted by atomic mass is 16.5. The lowest BCUT2D eigenvalue weighted by molar-refractivity contribution is -0.139. The van der Waals surface area contributed by atoms with Crippen LogP contribution in [0.1, 0.15) is 13.3 Å². The van der Waals surface area contributed by atoms with Crippen molar-refractivity contribution in [3.05, 3.63) is 5.53 Å². The summed E-state index contributed by atoms with van der Waals surface area (Å²) in [7, 11) is 1.15. The molecule has 1 N–H and O–H groups in total. The molecule has 0 aliphatic carbocycles. The van der Waals surface area contributed by atoms with E-state index in [1.807, 2.05) is 0 Å². The molecule has 62 valence electrons. The molecule has 0 saturated carbocycles. The Bertz CT molecular complexity index is 196. The van der Waals surface area contributed by atoms with E-state index in [2.05, 4.69) is 9.53 Å². The average molecular weight is 158 g/mol. The molecule has 0 aromatic rings. The van der Waals surface area contributed by atoms with Crippen molar-refractivity contribution in [3.8, 4) is 0 Å². The third kappa shape index (κ3) is 2.49. The van der Waals surface area contributed by atoms with Crippen molar-refractivity contribution in [3.63, 3.8) is 0 Å². The van der Waals surface area contributed by atoms with Crippen LogP contribution in [0.4, 0.5) is 0 Å². The van der Waals surface area contributed by atoms with Gasteiger partial charge in [0, 0.05) is 0 Å². The van der Waals surface area contributed by atoms with Gasteiger partial charge in [-0.15, -0.1) is 0 Å². The van der Waals surface area contributed by atoms with Crippen LogP contribution in [0, 0.1) is 0 Å². The lowest BCUT2D eigenvalue weighted by Gasteiger charge is -1.98. The molecule has 0 fully saturated rings. The molecule has 0 radical (unpaired) electrons. The van der Waals surface area contributed by atoms with E-state index in [1.165, 1.54) is 0 Å². The molecule has 0 aromatic carbocycles. The maximum atomic E-state index is 10.7. The van der Waals surface area contributed by atoms with Crippen molar-refractivity contribution in [2.45, 2.75) is 19.4 Å². The lowest BCUT2D eigenvalue weighted by Crippen LogP contribution is -2.29. The fourth-order valence-electron chi connectivity index (χ4n) is 0.541. The maximum Gasteiger partial charge on any atom is 0.419 e. The van der Waals surface area contributed by atoms with E-state index >= 15 is 0 Å². The van der Waals surface area contributed by atoms with Crippen LogP contribution >= 0.6 is 0 Å². The average Bonchev–Trinajstić information content (AvgIpc) is 2.05. The van der Waals surface area contributed by atoms with E-state index in [1.54, 1.807) is 6.92 Å². The van der Waals surface area contributed by atoms with Crippen LogP contribution < -0.4 is 0 Å². The first-order valence-electron chi connectivity index (χ1n) is 3.15. The van der Waals surface area contributed by atoms with Crippen LogP contribution in [0.25, 0.3) is 5.53 Å². The zero-order valence-corrected chi connectivity index (χ0v) is 6.44. The quantitative estimate of drug-likeness (QED) is 0.262. The number of esters is 1. The molecule has 0 aliphatic rings. The fourth-order valence-corrected chi connectivity index (χ4v) is 0.541. The standard InChI is InChI=1S/C6H10N2O3/c1-3-4(9)5(8-7)6(10)11-2/h4,9H,3H2,1-2H3. The van der Waals surface area contributed by atoms with Gasteiger partial charge in [0.05, 0.1) is 7.11 Å². The minimum absolute atomic E-state index is 0.300.